The predicted octanol–water partition coefficient (Wildman–Crippen LogP) is 0.273. The van der Waals surface area contributed by atoms with Crippen LogP contribution in [0.4, 0.5) is 13.2 Å². The highest BCUT2D eigenvalue weighted by atomic mass is 19.4. The van der Waals surface area contributed by atoms with Gasteiger partial charge < -0.3 is 19.1 Å². The summed E-state index contributed by atoms with van der Waals surface area (Å²) in [6.45, 7) is 2.29. The molecule has 25 heavy (non-hydrogen) atoms. The molecule has 2 rings (SSSR count). The largest absolute Gasteiger partial charge is 0.411 e. The number of nitrogens with zero attached hydrogens (tertiary/aromatic N) is 4. The van der Waals surface area contributed by atoms with Gasteiger partial charge in [-0.1, -0.05) is 5.16 Å². The van der Waals surface area contributed by atoms with Gasteiger partial charge in [0.15, 0.2) is 5.82 Å². The van der Waals surface area contributed by atoms with Crippen LogP contribution >= 0.6 is 0 Å². The van der Waals surface area contributed by atoms with Crippen LogP contribution in [0.3, 0.4) is 0 Å². The second-order valence-electron chi connectivity index (χ2n) is 5.90. The molecule has 0 amide bonds. The molecule has 1 N–H and O–H groups in total. The number of aliphatic hydroxyl groups excluding tert-OH is 1. The van der Waals surface area contributed by atoms with E-state index in [1.165, 1.54) is 0 Å². The molecule has 8 nitrogen and oxygen atoms in total. The van der Waals surface area contributed by atoms with Crippen molar-refractivity contribution in [3.63, 3.8) is 0 Å². The van der Waals surface area contributed by atoms with E-state index in [1.807, 2.05) is 4.90 Å². The molecule has 1 aliphatic heterocycles. The summed E-state index contributed by atoms with van der Waals surface area (Å²) in [6, 6.07) is 0. The zero-order valence-electron chi connectivity index (χ0n) is 14.0. The molecule has 0 saturated carbocycles. The van der Waals surface area contributed by atoms with Gasteiger partial charge in [0.1, 0.15) is 13.2 Å². The smallest absolute Gasteiger partial charge is 0.389 e. The number of aliphatic hydroxyl groups is 1. The van der Waals surface area contributed by atoms with Gasteiger partial charge >= 0.3 is 6.18 Å². The molecule has 2 heterocycles. The molecule has 1 unspecified atom stereocenters. The van der Waals surface area contributed by atoms with E-state index in [-0.39, 0.29) is 13.2 Å². The number of alkyl halides is 3. The van der Waals surface area contributed by atoms with Crippen molar-refractivity contribution in [2.45, 2.75) is 25.4 Å². The highest BCUT2D eigenvalue weighted by Crippen LogP contribution is 2.14. The van der Waals surface area contributed by atoms with Gasteiger partial charge in [0.05, 0.1) is 19.3 Å². The third-order valence-electron chi connectivity index (χ3n) is 3.65. The predicted molar refractivity (Wildman–Crippen MR) is 79.6 cm³/mol. The van der Waals surface area contributed by atoms with Gasteiger partial charge in [-0.15, -0.1) is 0 Å². The maximum Gasteiger partial charge on any atom is 0.411 e. The molecule has 1 aliphatic rings. The molecule has 1 saturated heterocycles. The number of piperazine rings is 1. The maximum atomic E-state index is 12.0. The summed E-state index contributed by atoms with van der Waals surface area (Å²) in [7, 11) is 1.55. The Morgan fingerprint density at radius 1 is 1.24 bits per heavy atom. The van der Waals surface area contributed by atoms with Crippen molar-refractivity contribution in [3.8, 4) is 0 Å². The topological polar surface area (TPSA) is 84.1 Å². The second kappa shape index (κ2) is 9.43. The third-order valence-corrected chi connectivity index (χ3v) is 3.65. The molecule has 0 aliphatic carbocycles. The van der Waals surface area contributed by atoms with Crippen molar-refractivity contribution in [2.75, 3.05) is 53.0 Å². The van der Waals surface area contributed by atoms with Crippen LogP contribution in [-0.4, -0.2) is 90.4 Å². The van der Waals surface area contributed by atoms with Crippen LogP contribution in [0, 0.1) is 0 Å². The number of ether oxygens (including phenoxy) is 2. The Bertz CT molecular complexity index is 507. The van der Waals surface area contributed by atoms with Crippen LogP contribution < -0.4 is 0 Å². The first-order valence-corrected chi connectivity index (χ1v) is 7.93. The van der Waals surface area contributed by atoms with E-state index >= 15 is 0 Å². The Labute approximate surface area is 143 Å². The minimum Gasteiger partial charge on any atom is -0.389 e. The van der Waals surface area contributed by atoms with Crippen LogP contribution in [-0.2, 0) is 22.6 Å². The Kier molecular flexibility index (Phi) is 7.56. The minimum absolute atomic E-state index is 0.282. The lowest BCUT2D eigenvalue weighted by Crippen LogP contribution is -2.48. The van der Waals surface area contributed by atoms with Gasteiger partial charge in [-0.25, -0.2) is 0 Å². The summed E-state index contributed by atoms with van der Waals surface area (Å²) in [4.78, 5) is 8.33. The fraction of sp³-hybridized carbons (Fsp3) is 0.857. The van der Waals surface area contributed by atoms with Gasteiger partial charge in [-0.2, -0.15) is 18.2 Å². The Balaban J connectivity index is 1.63. The highest BCUT2D eigenvalue weighted by Gasteiger charge is 2.28. The summed E-state index contributed by atoms with van der Waals surface area (Å²) in [5, 5.41) is 13.6. The first-order valence-electron chi connectivity index (χ1n) is 7.93. The summed E-state index contributed by atoms with van der Waals surface area (Å²) in [5.74, 6) is 1.01. The van der Waals surface area contributed by atoms with Gasteiger partial charge in [0.2, 0.25) is 5.89 Å². The molecule has 0 radical (unpaired) electrons. The van der Waals surface area contributed by atoms with Gasteiger partial charge in [-0.05, 0) is 0 Å². The summed E-state index contributed by atoms with van der Waals surface area (Å²) >= 11 is 0. The Morgan fingerprint density at radius 2 is 1.92 bits per heavy atom. The number of aromatic nitrogens is 2. The van der Waals surface area contributed by atoms with Crippen molar-refractivity contribution in [3.05, 3.63) is 11.7 Å². The first-order chi connectivity index (χ1) is 11.9. The lowest BCUT2D eigenvalue weighted by Gasteiger charge is -2.34. The molecule has 11 heteroatoms. The van der Waals surface area contributed by atoms with Crippen LogP contribution in [0.5, 0.6) is 0 Å². The van der Waals surface area contributed by atoms with E-state index in [9.17, 15) is 18.3 Å². The van der Waals surface area contributed by atoms with E-state index in [1.54, 1.807) is 7.11 Å². The van der Waals surface area contributed by atoms with Crippen LogP contribution in [0.2, 0.25) is 0 Å². The van der Waals surface area contributed by atoms with Crippen LogP contribution in [0.25, 0.3) is 0 Å². The summed E-state index contributed by atoms with van der Waals surface area (Å²) in [6.07, 6.45) is -5.31. The number of hydrogen-bond acceptors (Lipinski definition) is 8. The normalized spacial score (nSPS) is 18.6. The fourth-order valence-corrected chi connectivity index (χ4v) is 2.52. The maximum absolute atomic E-state index is 12.0. The number of hydrogen-bond donors (Lipinski definition) is 1. The molecule has 0 aromatic carbocycles. The van der Waals surface area contributed by atoms with Crippen LogP contribution in [0.1, 0.15) is 11.7 Å². The third kappa shape index (κ3) is 7.65. The van der Waals surface area contributed by atoms with Crippen molar-refractivity contribution >= 4 is 0 Å². The number of β-amino-alcohol motifs (C(OH)–C–C–N with tert-alkyl or cyclic N) is 1. The average Bonchev–Trinajstić information content (AvgIpc) is 2.95. The lowest BCUT2D eigenvalue weighted by atomic mass is 10.2. The fourth-order valence-electron chi connectivity index (χ4n) is 2.52. The minimum atomic E-state index is -4.37. The van der Waals surface area contributed by atoms with E-state index in [0.717, 1.165) is 13.1 Å². The average molecular weight is 368 g/mol. The molecular weight excluding hydrogens is 345 g/mol. The lowest BCUT2D eigenvalue weighted by molar-refractivity contribution is -0.179. The highest BCUT2D eigenvalue weighted by molar-refractivity contribution is 4.86. The number of rotatable bonds is 9. The van der Waals surface area contributed by atoms with E-state index in [4.69, 9.17) is 9.26 Å². The molecule has 144 valence electrons. The molecule has 1 fully saturated rings. The SMILES string of the molecule is COCc1noc(CN2CCN(CC(O)COCC(F)(F)F)CC2)n1. The van der Waals surface area contributed by atoms with Crippen molar-refractivity contribution in [1.29, 1.82) is 0 Å². The van der Waals surface area contributed by atoms with Gasteiger partial charge in [0.25, 0.3) is 0 Å². The van der Waals surface area contributed by atoms with Crippen LogP contribution in [0.15, 0.2) is 4.52 Å². The van der Waals surface area contributed by atoms with Crippen molar-refractivity contribution < 1.29 is 32.3 Å². The molecule has 0 bridgehead atoms. The quantitative estimate of drug-likeness (QED) is 0.665. The van der Waals surface area contributed by atoms with Gasteiger partial charge in [-0.3, -0.25) is 9.80 Å². The zero-order valence-corrected chi connectivity index (χ0v) is 14.0. The molecule has 1 aromatic rings. The Hall–Kier alpha value is -1.27. The number of halogens is 3. The molecule has 0 spiro atoms. The van der Waals surface area contributed by atoms with Crippen molar-refractivity contribution in [2.24, 2.45) is 0 Å². The van der Waals surface area contributed by atoms with E-state index in [2.05, 4.69) is 19.8 Å². The monoisotopic (exact) mass is 368 g/mol. The summed E-state index contributed by atoms with van der Waals surface area (Å²) < 4.78 is 50.5. The van der Waals surface area contributed by atoms with E-state index < -0.39 is 18.9 Å². The summed E-state index contributed by atoms with van der Waals surface area (Å²) in [5.41, 5.74) is 0. The zero-order chi connectivity index (χ0) is 18.3. The molecule has 1 aromatic heterocycles. The van der Waals surface area contributed by atoms with Crippen molar-refractivity contribution in [1.82, 2.24) is 19.9 Å². The Morgan fingerprint density at radius 3 is 2.56 bits per heavy atom. The van der Waals surface area contributed by atoms with E-state index in [0.29, 0.717) is 38.0 Å². The molecular formula is C14H23F3N4O4. The second-order valence-corrected chi connectivity index (χ2v) is 5.90. The standard InChI is InChI=1S/C14H23F3N4O4/c1-23-9-12-18-13(25-19-12)7-21-4-2-20(3-5-21)6-11(22)8-24-10-14(15,16)17/h11,22H,2-10H2,1H3. The molecule has 1 atom stereocenters. The van der Waals surface area contributed by atoms with Gasteiger partial charge in [0, 0.05) is 39.8 Å². The first kappa shape index (κ1) is 20.0. The number of methoxy groups -OCH3 is 1.